The summed E-state index contributed by atoms with van der Waals surface area (Å²) in [6, 6.07) is 7.66. The van der Waals surface area contributed by atoms with Crippen molar-refractivity contribution < 1.29 is 18.7 Å². The van der Waals surface area contributed by atoms with Gasteiger partial charge < -0.3 is 14.0 Å². The lowest BCUT2D eigenvalue weighted by Crippen LogP contribution is -2.17. The van der Waals surface area contributed by atoms with Crippen LogP contribution in [0.5, 0.6) is 11.5 Å². The number of hydrogen-bond acceptors (Lipinski definition) is 4. The summed E-state index contributed by atoms with van der Waals surface area (Å²) in [5.74, 6) is -0.347. The number of halogens is 2. The van der Waals surface area contributed by atoms with E-state index in [1.807, 2.05) is 0 Å². The van der Waals surface area contributed by atoms with Gasteiger partial charge in [0.1, 0.15) is 5.82 Å². The monoisotopic (exact) mass is 406 g/mol. The number of carbonyl (C=O) groups excluding carboxylic acids is 1. The quantitative estimate of drug-likeness (QED) is 0.588. The fraction of sp³-hybridized carbons (Fsp3) is 0.158. The summed E-state index contributed by atoms with van der Waals surface area (Å²) in [4.78, 5) is 17.1. The number of allylic oxidation sites excluding steroid dienone is 1. The fourth-order valence-corrected chi connectivity index (χ4v) is 3.92. The molecule has 5 nitrogen and oxygen atoms in total. The number of ether oxygens (including phenoxy) is 2. The Hall–Kier alpha value is -2.64. The first-order valence-corrected chi connectivity index (χ1v) is 9.09. The maximum Gasteiger partial charge on any atom is 0.284 e. The van der Waals surface area contributed by atoms with Gasteiger partial charge in [-0.25, -0.2) is 4.39 Å². The Labute approximate surface area is 163 Å². The number of carbonyl (C=O) groups is 1. The second-order valence-electron chi connectivity index (χ2n) is 5.47. The molecule has 0 spiro atoms. The summed E-state index contributed by atoms with van der Waals surface area (Å²) in [6.45, 7) is 4.15. The van der Waals surface area contributed by atoms with E-state index in [4.69, 9.17) is 21.1 Å². The van der Waals surface area contributed by atoms with Gasteiger partial charge in [-0.3, -0.25) is 4.79 Å². The zero-order valence-electron chi connectivity index (χ0n) is 14.7. The van der Waals surface area contributed by atoms with Gasteiger partial charge in [-0.2, -0.15) is 4.99 Å². The molecule has 0 saturated heterocycles. The fourth-order valence-electron chi connectivity index (χ4n) is 2.63. The van der Waals surface area contributed by atoms with Crippen molar-refractivity contribution in [2.24, 2.45) is 4.99 Å². The van der Waals surface area contributed by atoms with Gasteiger partial charge in [0, 0.05) is 18.7 Å². The van der Waals surface area contributed by atoms with Crippen molar-refractivity contribution >= 4 is 39.1 Å². The van der Waals surface area contributed by atoms with E-state index in [2.05, 4.69) is 11.6 Å². The van der Waals surface area contributed by atoms with Crippen molar-refractivity contribution in [3.05, 3.63) is 64.2 Å². The molecule has 1 amide bonds. The standard InChI is InChI=1S/C19H16ClFN2O3S/c1-4-8-23-13-9-14(25-2)15(26-3)10-16(13)27-19(23)22-18(24)17-11(20)6-5-7-12(17)21/h4-7,9-10H,1,8H2,2-3H3. The first-order valence-electron chi connectivity index (χ1n) is 7.89. The number of methoxy groups -OCH3 is 2. The highest BCUT2D eigenvalue weighted by Crippen LogP contribution is 2.33. The van der Waals surface area contributed by atoms with Crippen LogP contribution in [0.15, 0.2) is 48.0 Å². The molecule has 0 saturated carbocycles. The molecular weight excluding hydrogens is 391 g/mol. The van der Waals surface area contributed by atoms with E-state index in [1.54, 1.807) is 37.0 Å². The lowest BCUT2D eigenvalue weighted by molar-refractivity contribution is 0.0994. The number of nitrogens with zero attached hydrogens (tertiary/aromatic N) is 2. The van der Waals surface area contributed by atoms with Crippen molar-refractivity contribution in [1.29, 1.82) is 0 Å². The highest BCUT2D eigenvalue weighted by atomic mass is 35.5. The van der Waals surface area contributed by atoms with Gasteiger partial charge >= 0.3 is 0 Å². The first-order chi connectivity index (χ1) is 13.0. The Morgan fingerprint density at radius 1 is 1.33 bits per heavy atom. The average Bonchev–Trinajstić information content (AvgIpc) is 2.97. The topological polar surface area (TPSA) is 52.8 Å². The minimum absolute atomic E-state index is 0.0171. The Balaban J connectivity index is 2.24. The second kappa shape index (κ2) is 7.94. The number of amides is 1. The van der Waals surface area contributed by atoms with Crippen LogP contribution in [-0.4, -0.2) is 24.7 Å². The molecule has 1 aromatic heterocycles. The van der Waals surface area contributed by atoms with Crippen molar-refractivity contribution in [3.63, 3.8) is 0 Å². The molecule has 0 aliphatic heterocycles. The minimum Gasteiger partial charge on any atom is -0.493 e. The molecule has 0 aliphatic rings. The average molecular weight is 407 g/mol. The second-order valence-corrected chi connectivity index (χ2v) is 6.89. The molecule has 27 heavy (non-hydrogen) atoms. The third kappa shape index (κ3) is 3.61. The molecule has 0 N–H and O–H groups in total. The van der Waals surface area contributed by atoms with Crippen molar-refractivity contribution in [2.45, 2.75) is 6.54 Å². The summed E-state index contributed by atoms with van der Waals surface area (Å²) in [5, 5.41) is 0.0171. The minimum atomic E-state index is -0.749. The predicted octanol–water partition coefficient (Wildman–Crippen LogP) is 4.44. The van der Waals surface area contributed by atoms with Crippen LogP contribution in [0.25, 0.3) is 10.2 Å². The van der Waals surface area contributed by atoms with Crippen LogP contribution in [0.1, 0.15) is 10.4 Å². The van der Waals surface area contributed by atoms with Crippen molar-refractivity contribution in [3.8, 4) is 11.5 Å². The molecule has 0 bridgehead atoms. The number of benzene rings is 2. The van der Waals surface area contributed by atoms with Crippen LogP contribution in [-0.2, 0) is 6.54 Å². The zero-order chi connectivity index (χ0) is 19.6. The van der Waals surface area contributed by atoms with Gasteiger partial charge in [0.25, 0.3) is 5.91 Å². The zero-order valence-corrected chi connectivity index (χ0v) is 16.2. The van der Waals surface area contributed by atoms with Crippen LogP contribution >= 0.6 is 22.9 Å². The van der Waals surface area contributed by atoms with Gasteiger partial charge in [0.15, 0.2) is 16.3 Å². The van der Waals surface area contributed by atoms with Gasteiger partial charge in [0.2, 0.25) is 0 Å². The maximum absolute atomic E-state index is 14.0. The van der Waals surface area contributed by atoms with E-state index in [9.17, 15) is 9.18 Å². The number of thiazole rings is 1. The van der Waals surface area contributed by atoms with E-state index in [-0.39, 0.29) is 10.6 Å². The molecule has 3 rings (SSSR count). The summed E-state index contributed by atoms with van der Waals surface area (Å²) >= 11 is 7.25. The lowest BCUT2D eigenvalue weighted by atomic mass is 10.2. The van der Waals surface area contributed by atoms with Crippen LogP contribution in [0.2, 0.25) is 5.02 Å². The Morgan fingerprint density at radius 2 is 2.04 bits per heavy atom. The highest BCUT2D eigenvalue weighted by Gasteiger charge is 2.17. The number of aromatic nitrogens is 1. The lowest BCUT2D eigenvalue weighted by Gasteiger charge is -2.08. The van der Waals surface area contributed by atoms with E-state index in [0.29, 0.717) is 22.8 Å². The molecule has 0 radical (unpaired) electrons. The van der Waals surface area contributed by atoms with Crippen molar-refractivity contribution in [2.75, 3.05) is 14.2 Å². The van der Waals surface area contributed by atoms with Gasteiger partial charge in [-0.05, 0) is 12.1 Å². The first kappa shape index (κ1) is 19.1. The molecule has 0 aliphatic carbocycles. The molecule has 2 aromatic carbocycles. The number of rotatable bonds is 5. The normalized spacial score (nSPS) is 11.6. The molecule has 1 heterocycles. The van der Waals surface area contributed by atoms with E-state index >= 15 is 0 Å². The molecule has 0 atom stereocenters. The van der Waals surface area contributed by atoms with Crippen LogP contribution in [0, 0.1) is 5.82 Å². The van der Waals surface area contributed by atoms with Crippen LogP contribution < -0.4 is 14.3 Å². The Morgan fingerprint density at radius 3 is 2.67 bits per heavy atom. The maximum atomic E-state index is 14.0. The van der Waals surface area contributed by atoms with E-state index in [0.717, 1.165) is 10.2 Å². The van der Waals surface area contributed by atoms with Crippen molar-refractivity contribution in [1.82, 2.24) is 4.57 Å². The summed E-state index contributed by atoms with van der Waals surface area (Å²) in [5.41, 5.74) is 0.542. The van der Waals surface area contributed by atoms with E-state index in [1.165, 1.54) is 29.5 Å². The summed E-state index contributed by atoms with van der Waals surface area (Å²) in [7, 11) is 3.09. The third-order valence-electron chi connectivity index (χ3n) is 3.87. The predicted molar refractivity (Wildman–Crippen MR) is 104 cm³/mol. The van der Waals surface area contributed by atoms with Gasteiger partial charge in [-0.15, -0.1) is 6.58 Å². The van der Waals surface area contributed by atoms with Crippen LogP contribution in [0.4, 0.5) is 4.39 Å². The van der Waals surface area contributed by atoms with Gasteiger partial charge in [-0.1, -0.05) is 35.1 Å². The molecule has 140 valence electrons. The molecule has 3 aromatic rings. The molecule has 0 unspecified atom stereocenters. The van der Waals surface area contributed by atoms with E-state index < -0.39 is 11.7 Å². The summed E-state index contributed by atoms with van der Waals surface area (Å²) in [6.07, 6.45) is 1.68. The largest absolute Gasteiger partial charge is 0.493 e. The van der Waals surface area contributed by atoms with Crippen LogP contribution in [0.3, 0.4) is 0 Å². The molecule has 8 heteroatoms. The van der Waals surface area contributed by atoms with Gasteiger partial charge in [0.05, 0.1) is 35.0 Å². The number of hydrogen-bond donors (Lipinski definition) is 0. The molecular formula is C19H16ClFN2O3S. The SMILES string of the molecule is C=CCn1c(=NC(=O)c2c(F)cccc2Cl)sc2cc(OC)c(OC)cc21. The smallest absolute Gasteiger partial charge is 0.284 e. The number of fused-ring (bicyclic) bond motifs is 1. The Bertz CT molecular complexity index is 1080. The summed E-state index contributed by atoms with van der Waals surface area (Å²) < 4.78 is 27.3. The highest BCUT2D eigenvalue weighted by molar-refractivity contribution is 7.16. The Kier molecular flexibility index (Phi) is 5.62. The molecule has 0 fully saturated rings. The third-order valence-corrected chi connectivity index (χ3v) is 5.23.